The maximum atomic E-state index is 12.9. The molecule has 1 fully saturated rings. The van der Waals surface area contributed by atoms with Gasteiger partial charge >= 0.3 is 0 Å². The van der Waals surface area contributed by atoms with Gasteiger partial charge in [0.25, 0.3) is 0 Å². The van der Waals surface area contributed by atoms with Crippen molar-refractivity contribution in [2.45, 2.75) is 32.6 Å². The van der Waals surface area contributed by atoms with Gasteiger partial charge in [0.1, 0.15) is 5.65 Å². The predicted molar refractivity (Wildman–Crippen MR) is 99.7 cm³/mol. The molecular weight excluding hydrogens is 310 g/mol. The summed E-state index contributed by atoms with van der Waals surface area (Å²) >= 11 is 0. The second-order valence-electron chi connectivity index (χ2n) is 7.10. The molecule has 4 nitrogen and oxygen atoms in total. The smallest absolute Gasteiger partial charge is 0.231 e. The second-order valence-corrected chi connectivity index (χ2v) is 7.10. The second kappa shape index (κ2) is 6.03. The zero-order valence-electron chi connectivity index (χ0n) is 15.0. The van der Waals surface area contributed by atoms with Gasteiger partial charge in [0.05, 0.1) is 17.3 Å². The molecule has 1 aliphatic heterocycles. The van der Waals surface area contributed by atoms with Crippen molar-refractivity contribution in [2.24, 2.45) is 0 Å². The maximum Gasteiger partial charge on any atom is 0.231 e. The highest BCUT2D eigenvalue weighted by molar-refractivity contribution is 5.86. The number of aromatic nitrogens is 2. The van der Waals surface area contributed by atoms with Crippen molar-refractivity contribution < 1.29 is 4.79 Å². The first-order valence-electron chi connectivity index (χ1n) is 8.85. The van der Waals surface area contributed by atoms with Gasteiger partial charge in [0.2, 0.25) is 5.91 Å². The molecule has 2 aromatic heterocycles. The van der Waals surface area contributed by atoms with Gasteiger partial charge in [-0.05, 0) is 38.3 Å². The van der Waals surface area contributed by atoms with E-state index in [2.05, 4.69) is 54.8 Å². The number of aryl methyl sites for hydroxylation is 2. The molecule has 1 aliphatic rings. The van der Waals surface area contributed by atoms with E-state index in [1.165, 1.54) is 11.1 Å². The number of hydrogen-bond donors (Lipinski definition) is 0. The van der Waals surface area contributed by atoms with Gasteiger partial charge in [0, 0.05) is 25.4 Å². The number of pyridine rings is 1. The van der Waals surface area contributed by atoms with Crippen molar-refractivity contribution >= 4 is 11.6 Å². The van der Waals surface area contributed by atoms with Crippen molar-refractivity contribution in [3.05, 3.63) is 59.4 Å². The number of carbonyl (C=O) groups excluding carboxylic acids is 1. The molecule has 0 radical (unpaired) electrons. The number of fused-ring (bicyclic) bond motifs is 1. The number of rotatable bonds is 2. The van der Waals surface area contributed by atoms with Crippen LogP contribution in [0.2, 0.25) is 0 Å². The van der Waals surface area contributed by atoms with Crippen LogP contribution in [0.4, 0.5) is 0 Å². The van der Waals surface area contributed by atoms with Crippen LogP contribution in [-0.4, -0.2) is 33.8 Å². The minimum absolute atomic E-state index is 0.133. The van der Waals surface area contributed by atoms with E-state index in [0.29, 0.717) is 0 Å². The van der Waals surface area contributed by atoms with E-state index in [0.717, 1.165) is 42.0 Å². The largest absolute Gasteiger partial charge is 0.345 e. The number of amides is 1. The van der Waals surface area contributed by atoms with E-state index in [4.69, 9.17) is 4.98 Å². The summed E-state index contributed by atoms with van der Waals surface area (Å²) in [5.74, 6) is 0.0646. The average molecular weight is 333 g/mol. The van der Waals surface area contributed by atoms with E-state index < -0.39 is 0 Å². The lowest BCUT2D eigenvalue weighted by Crippen LogP contribution is -2.37. The van der Waals surface area contributed by atoms with Crippen molar-refractivity contribution in [1.82, 2.24) is 14.3 Å². The topological polar surface area (TPSA) is 37.6 Å². The van der Waals surface area contributed by atoms with E-state index in [1.807, 2.05) is 18.0 Å². The molecule has 0 aliphatic carbocycles. The fourth-order valence-electron chi connectivity index (χ4n) is 3.71. The third kappa shape index (κ3) is 2.72. The number of nitrogens with zero attached hydrogens (tertiary/aromatic N) is 3. The molecule has 0 bridgehead atoms. The van der Waals surface area contributed by atoms with Crippen molar-refractivity contribution in [1.29, 1.82) is 0 Å². The molecule has 3 aromatic rings. The Morgan fingerprint density at radius 1 is 1.04 bits per heavy atom. The van der Waals surface area contributed by atoms with Gasteiger partial charge in [-0.15, -0.1) is 0 Å². The Hall–Kier alpha value is -2.62. The molecule has 4 rings (SSSR count). The van der Waals surface area contributed by atoms with Gasteiger partial charge < -0.3 is 9.30 Å². The number of imidazole rings is 1. The molecule has 1 atom stereocenters. The molecule has 1 saturated heterocycles. The molecule has 0 unspecified atom stereocenters. The molecule has 25 heavy (non-hydrogen) atoms. The Balaban J connectivity index is 1.96. The standard InChI is InChI=1S/C21H23N3O/c1-14-6-9-16(10-7-14)19-20(17-5-4-12-23(3)21(17)25)24-13-15(2)8-11-18(24)22-19/h6-11,13,17H,4-5,12H2,1-3H3/t17-/m1/s1. The molecule has 0 spiro atoms. The third-order valence-electron chi connectivity index (χ3n) is 5.12. The normalized spacial score (nSPS) is 18.1. The molecule has 1 aromatic carbocycles. The Labute approximate surface area is 148 Å². The summed E-state index contributed by atoms with van der Waals surface area (Å²) in [6, 6.07) is 12.5. The van der Waals surface area contributed by atoms with Gasteiger partial charge in [-0.3, -0.25) is 4.79 Å². The van der Waals surface area contributed by atoms with Crippen LogP contribution >= 0.6 is 0 Å². The Kier molecular flexibility index (Phi) is 3.83. The molecule has 0 saturated carbocycles. The highest BCUT2D eigenvalue weighted by Gasteiger charge is 2.33. The lowest BCUT2D eigenvalue weighted by molar-refractivity contribution is -0.133. The van der Waals surface area contributed by atoms with Crippen LogP contribution in [0.3, 0.4) is 0 Å². The van der Waals surface area contributed by atoms with Crippen LogP contribution in [0.5, 0.6) is 0 Å². The van der Waals surface area contributed by atoms with E-state index in [1.54, 1.807) is 0 Å². The highest BCUT2D eigenvalue weighted by Crippen LogP contribution is 2.35. The fraction of sp³-hybridized carbons (Fsp3) is 0.333. The molecule has 3 heterocycles. The van der Waals surface area contributed by atoms with Crippen LogP contribution in [0.1, 0.15) is 35.6 Å². The first-order chi connectivity index (χ1) is 12.0. The quantitative estimate of drug-likeness (QED) is 0.712. The van der Waals surface area contributed by atoms with Crippen LogP contribution in [0, 0.1) is 13.8 Å². The van der Waals surface area contributed by atoms with Gasteiger partial charge in [0.15, 0.2) is 0 Å². The fourth-order valence-corrected chi connectivity index (χ4v) is 3.71. The zero-order chi connectivity index (χ0) is 17.6. The maximum absolute atomic E-state index is 12.9. The first-order valence-corrected chi connectivity index (χ1v) is 8.85. The number of hydrogen-bond acceptors (Lipinski definition) is 2. The van der Waals surface area contributed by atoms with Crippen molar-refractivity contribution in [3.8, 4) is 11.3 Å². The molecule has 1 amide bonds. The third-order valence-corrected chi connectivity index (χ3v) is 5.12. The summed E-state index contributed by atoms with van der Waals surface area (Å²) in [6.45, 7) is 4.99. The van der Waals surface area contributed by atoms with Gasteiger partial charge in [-0.2, -0.15) is 0 Å². The predicted octanol–water partition coefficient (Wildman–Crippen LogP) is 3.95. The highest BCUT2D eigenvalue weighted by atomic mass is 16.2. The number of carbonyl (C=O) groups is 1. The lowest BCUT2D eigenvalue weighted by atomic mass is 9.91. The summed E-state index contributed by atoms with van der Waals surface area (Å²) in [5.41, 5.74) is 6.31. The Morgan fingerprint density at radius 3 is 2.52 bits per heavy atom. The van der Waals surface area contributed by atoms with E-state index in [9.17, 15) is 4.79 Å². The van der Waals surface area contributed by atoms with Gasteiger partial charge in [-0.25, -0.2) is 4.98 Å². The van der Waals surface area contributed by atoms with Gasteiger partial charge in [-0.1, -0.05) is 35.9 Å². The summed E-state index contributed by atoms with van der Waals surface area (Å²) in [7, 11) is 1.90. The summed E-state index contributed by atoms with van der Waals surface area (Å²) in [4.78, 5) is 19.6. The monoisotopic (exact) mass is 333 g/mol. The van der Waals surface area contributed by atoms with E-state index >= 15 is 0 Å². The molecule has 128 valence electrons. The van der Waals surface area contributed by atoms with E-state index in [-0.39, 0.29) is 11.8 Å². The van der Waals surface area contributed by atoms with Crippen LogP contribution < -0.4 is 0 Å². The van der Waals surface area contributed by atoms with Crippen LogP contribution in [0.15, 0.2) is 42.6 Å². The zero-order valence-corrected chi connectivity index (χ0v) is 15.0. The minimum atomic E-state index is -0.133. The first kappa shape index (κ1) is 15.9. The number of likely N-dealkylation sites (N-methyl/N-ethyl adjacent to an activating group) is 1. The van der Waals surface area contributed by atoms with Crippen LogP contribution in [-0.2, 0) is 4.79 Å². The lowest BCUT2D eigenvalue weighted by Gasteiger charge is -2.29. The molecule has 0 N–H and O–H groups in total. The molecule has 4 heteroatoms. The van der Waals surface area contributed by atoms with Crippen LogP contribution in [0.25, 0.3) is 16.9 Å². The number of piperidine rings is 1. The Morgan fingerprint density at radius 2 is 1.76 bits per heavy atom. The number of benzene rings is 1. The summed E-state index contributed by atoms with van der Waals surface area (Å²) in [6.07, 6.45) is 4.00. The Bertz CT molecular complexity index is 940. The average Bonchev–Trinajstić information content (AvgIpc) is 2.96. The van der Waals surface area contributed by atoms with Crippen molar-refractivity contribution in [3.63, 3.8) is 0 Å². The van der Waals surface area contributed by atoms with Crippen molar-refractivity contribution in [2.75, 3.05) is 13.6 Å². The summed E-state index contributed by atoms with van der Waals surface area (Å²) in [5, 5.41) is 0. The summed E-state index contributed by atoms with van der Waals surface area (Å²) < 4.78 is 2.12. The SMILES string of the molecule is Cc1ccc(-c2nc3ccc(C)cn3c2[C@H]2CCCN(C)C2=O)cc1. The number of likely N-dealkylation sites (tertiary alicyclic amines) is 1. The molecular formula is C21H23N3O. The minimum Gasteiger partial charge on any atom is -0.345 e.